The zero-order chi connectivity index (χ0) is 17.3. The molecule has 3 rings (SSSR count). The van der Waals surface area contributed by atoms with E-state index in [2.05, 4.69) is 49.8 Å². The fraction of sp³-hybridized carbons (Fsp3) is 0.706. The molecule has 1 aliphatic heterocycles. The van der Waals surface area contributed by atoms with Gasteiger partial charge in [0.05, 0.1) is 18.3 Å². The molecule has 2 atom stereocenters. The third kappa shape index (κ3) is 3.37. The molecule has 2 aromatic rings. The van der Waals surface area contributed by atoms with E-state index in [0.717, 1.165) is 31.3 Å². The van der Waals surface area contributed by atoms with E-state index in [4.69, 9.17) is 0 Å². The van der Waals surface area contributed by atoms with Crippen molar-refractivity contribution < 1.29 is 0 Å². The van der Waals surface area contributed by atoms with Gasteiger partial charge in [0.25, 0.3) is 0 Å². The van der Waals surface area contributed by atoms with E-state index in [1.54, 1.807) is 0 Å². The Morgan fingerprint density at radius 2 is 2.04 bits per heavy atom. The van der Waals surface area contributed by atoms with Crippen LogP contribution in [0.5, 0.6) is 0 Å². The maximum Gasteiger partial charge on any atom is 0.146 e. The maximum absolute atomic E-state index is 4.38. The smallest absolute Gasteiger partial charge is 0.146 e. The third-order valence-corrected chi connectivity index (χ3v) is 5.31. The molecule has 2 aromatic heterocycles. The first-order valence-electron chi connectivity index (χ1n) is 8.69. The molecule has 7 heteroatoms. The van der Waals surface area contributed by atoms with Crippen LogP contribution in [-0.2, 0) is 20.6 Å². The fourth-order valence-electron chi connectivity index (χ4n) is 3.89. The van der Waals surface area contributed by atoms with Crippen molar-refractivity contribution in [1.82, 2.24) is 34.3 Å². The molecule has 1 saturated heterocycles. The Kier molecular flexibility index (Phi) is 5.01. The molecule has 0 spiro atoms. The number of likely N-dealkylation sites (tertiary alicyclic amines) is 1. The summed E-state index contributed by atoms with van der Waals surface area (Å²) in [6.07, 6.45) is 4.41. The minimum atomic E-state index is 0.426. The Labute approximate surface area is 144 Å². The van der Waals surface area contributed by atoms with E-state index in [1.807, 2.05) is 31.9 Å². The van der Waals surface area contributed by atoms with E-state index in [9.17, 15) is 0 Å². The molecule has 0 N–H and O–H groups in total. The molecule has 24 heavy (non-hydrogen) atoms. The topological polar surface area (TPSA) is 55.0 Å². The largest absolute Gasteiger partial charge is 0.317 e. The second kappa shape index (κ2) is 7.03. The van der Waals surface area contributed by atoms with Crippen LogP contribution >= 0.6 is 0 Å². The molecule has 1 aliphatic rings. The maximum atomic E-state index is 4.38. The standard InChI is InChI=1S/C17H29N7/c1-13-19-20-16(23(13)4)12-21(2)11-14-7-6-10-22(3)17(14)15-8-9-18-24(15)5/h8-9,14,17H,6-7,10-12H2,1-5H3/t14-,17+/m0/s1. The van der Waals surface area contributed by atoms with Gasteiger partial charge in [-0.2, -0.15) is 5.10 Å². The van der Waals surface area contributed by atoms with Crippen LogP contribution in [0.25, 0.3) is 0 Å². The van der Waals surface area contributed by atoms with E-state index in [-0.39, 0.29) is 0 Å². The van der Waals surface area contributed by atoms with Crippen LogP contribution in [0.3, 0.4) is 0 Å². The summed E-state index contributed by atoms with van der Waals surface area (Å²) in [7, 11) is 8.49. The summed E-state index contributed by atoms with van der Waals surface area (Å²) in [5.41, 5.74) is 1.31. The normalized spacial score (nSPS) is 22.4. The summed E-state index contributed by atoms with van der Waals surface area (Å²) >= 11 is 0. The van der Waals surface area contributed by atoms with Gasteiger partial charge >= 0.3 is 0 Å². The van der Waals surface area contributed by atoms with Gasteiger partial charge in [0.15, 0.2) is 0 Å². The highest BCUT2D eigenvalue weighted by atomic mass is 15.3. The lowest BCUT2D eigenvalue weighted by Gasteiger charge is -2.40. The highest BCUT2D eigenvalue weighted by Gasteiger charge is 2.33. The van der Waals surface area contributed by atoms with E-state index in [0.29, 0.717) is 12.0 Å². The zero-order valence-corrected chi connectivity index (χ0v) is 15.5. The first kappa shape index (κ1) is 17.1. The summed E-state index contributed by atoms with van der Waals surface area (Å²) in [6.45, 7) is 5.02. The van der Waals surface area contributed by atoms with Crippen LogP contribution in [0.2, 0.25) is 0 Å². The van der Waals surface area contributed by atoms with Crippen molar-refractivity contribution in [2.24, 2.45) is 20.0 Å². The molecular weight excluding hydrogens is 302 g/mol. The number of aromatic nitrogens is 5. The average molecular weight is 331 g/mol. The van der Waals surface area contributed by atoms with Crippen molar-refractivity contribution in [2.75, 3.05) is 27.2 Å². The number of rotatable bonds is 5. The van der Waals surface area contributed by atoms with Crippen LogP contribution in [0, 0.1) is 12.8 Å². The number of hydrogen-bond acceptors (Lipinski definition) is 5. The number of nitrogens with zero attached hydrogens (tertiary/aromatic N) is 7. The summed E-state index contributed by atoms with van der Waals surface area (Å²) in [5, 5.41) is 12.8. The molecule has 0 bridgehead atoms. The SMILES string of the molecule is Cc1nnc(CN(C)C[C@@H]2CCCN(C)[C@H]2c2ccnn2C)n1C. The van der Waals surface area contributed by atoms with Crippen LogP contribution in [0.4, 0.5) is 0 Å². The predicted octanol–water partition coefficient (Wildman–Crippen LogP) is 1.37. The first-order valence-corrected chi connectivity index (χ1v) is 8.69. The van der Waals surface area contributed by atoms with Gasteiger partial charge in [0.2, 0.25) is 0 Å². The lowest BCUT2D eigenvalue weighted by molar-refractivity contribution is 0.0864. The minimum Gasteiger partial charge on any atom is -0.317 e. The molecule has 7 nitrogen and oxygen atoms in total. The van der Waals surface area contributed by atoms with Crippen molar-refractivity contribution in [3.05, 3.63) is 29.6 Å². The molecule has 3 heterocycles. The van der Waals surface area contributed by atoms with Gasteiger partial charge in [0.1, 0.15) is 11.6 Å². The predicted molar refractivity (Wildman–Crippen MR) is 93.4 cm³/mol. The van der Waals surface area contributed by atoms with Gasteiger partial charge in [-0.05, 0) is 52.4 Å². The van der Waals surface area contributed by atoms with Crippen LogP contribution in [-0.4, -0.2) is 61.5 Å². The quantitative estimate of drug-likeness (QED) is 0.828. The van der Waals surface area contributed by atoms with Gasteiger partial charge in [-0.3, -0.25) is 14.5 Å². The molecule has 0 saturated carbocycles. The van der Waals surface area contributed by atoms with Crippen molar-refractivity contribution >= 4 is 0 Å². The van der Waals surface area contributed by atoms with Gasteiger partial charge in [-0.25, -0.2) is 0 Å². The molecule has 0 radical (unpaired) electrons. The summed E-state index contributed by atoms with van der Waals surface area (Å²) in [4.78, 5) is 4.85. The summed E-state index contributed by atoms with van der Waals surface area (Å²) in [6, 6.07) is 2.58. The van der Waals surface area contributed by atoms with Crippen LogP contribution in [0.1, 0.15) is 36.2 Å². The summed E-state index contributed by atoms with van der Waals surface area (Å²) in [5.74, 6) is 2.58. The Balaban J connectivity index is 1.71. The summed E-state index contributed by atoms with van der Waals surface area (Å²) < 4.78 is 4.09. The van der Waals surface area contributed by atoms with Gasteiger partial charge in [-0.1, -0.05) is 0 Å². The molecule has 0 amide bonds. The van der Waals surface area contributed by atoms with Crippen LogP contribution < -0.4 is 0 Å². The lowest BCUT2D eigenvalue weighted by atomic mass is 9.87. The monoisotopic (exact) mass is 331 g/mol. The molecule has 0 aliphatic carbocycles. The molecule has 132 valence electrons. The Hall–Kier alpha value is -1.73. The van der Waals surface area contributed by atoms with Crippen molar-refractivity contribution in [1.29, 1.82) is 0 Å². The van der Waals surface area contributed by atoms with Crippen molar-refractivity contribution in [2.45, 2.75) is 32.4 Å². The molecule has 0 aromatic carbocycles. The highest BCUT2D eigenvalue weighted by Crippen LogP contribution is 2.35. The first-order chi connectivity index (χ1) is 11.5. The fourth-order valence-corrected chi connectivity index (χ4v) is 3.89. The number of aryl methyl sites for hydroxylation is 2. The van der Waals surface area contributed by atoms with Gasteiger partial charge in [-0.15, -0.1) is 10.2 Å². The average Bonchev–Trinajstić information content (AvgIpc) is 3.08. The van der Waals surface area contributed by atoms with E-state index < -0.39 is 0 Å². The Bertz CT molecular complexity index is 674. The van der Waals surface area contributed by atoms with Crippen molar-refractivity contribution in [3.8, 4) is 0 Å². The highest BCUT2D eigenvalue weighted by molar-refractivity contribution is 5.10. The van der Waals surface area contributed by atoms with E-state index in [1.165, 1.54) is 18.5 Å². The number of hydrogen-bond donors (Lipinski definition) is 0. The second-order valence-electron chi connectivity index (χ2n) is 7.13. The number of piperidine rings is 1. The Morgan fingerprint density at radius 1 is 1.25 bits per heavy atom. The molecule has 0 unspecified atom stereocenters. The van der Waals surface area contributed by atoms with Gasteiger partial charge < -0.3 is 4.57 Å². The second-order valence-corrected chi connectivity index (χ2v) is 7.13. The molecular formula is C17H29N7. The van der Waals surface area contributed by atoms with Gasteiger partial charge in [0, 0.05) is 26.8 Å². The minimum absolute atomic E-state index is 0.426. The van der Waals surface area contributed by atoms with Crippen LogP contribution in [0.15, 0.2) is 12.3 Å². The third-order valence-electron chi connectivity index (χ3n) is 5.31. The van der Waals surface area contributed by atoms with Crippen molar-refractivity contribution in [3.63, 3.8) is 0 Å². The van der Waals surface area contributed by atoms with E-state index >= 15 is 0 Å². The lowest BCUT2D eigenvalue weighted by Crippen LogP contribution is -2.41. The zero-order valence-electron chi connectivity index (χ0n) is 15.5. The molecule has 1 fully saturated rings. The Morgan fingerprint density at radius 3 is 2.67 bits per heavy atom.